The quantitative estimate of drug-likeness (QED) is 0.121. The van der Waals surface area contributed by atoms with E-state index >= 15 is 0 Å². The summed E-state index contributed by atoms with van der Waals surface area (Å²) in [5, 5.41) is 9.47. The van der Waals surface area contributed by atoms with Crippen LogP contribution >= 0.6 is 0 Å². The molecule has 0 aliphatic carbocycles. The molecule has 0 saturated carbocycles. The topological polar surface area (TPSA) is 154 Å². The molecule has 5 amide bonds. The smallest absolute Gasteiger partial charge is 0.408 e. The minimum Gasteiger partial charge on any atom is -0.456 e. The molecule has 4 aromatic carbocycles. The molecule has 0 bridgehead atoms. The fourth-order valence-electron chi connectivity index (χ4n) is 7.96. The van der Waals surface area contributed by atoms with Crippen molar-refractivity contribution in [3.63, 3.8) is 0 Å². The van der Waals surface area contributed by atoms with Gasteiger partial charge in [-0.15, -0.1) is 0 Å². The van der Waals surface area contributed by atoms with Crippen LogP contribution in [-0.2, 0) is 23.9 Å². The first-order chi connectivity index (χ1) is 28.5. The number of anilines is 2. The van der Waals surface area contributed by atoms with Crippen LogP contribution in [0.5, 0.6) is 0 Å². The molecule has 5 aromatic rings. The highest BCUT2D eigenvalue weighted by Gasteiger charge is 2.40. The summed E-state index contributed by atoms with van der Waals surface area (Å²) in [6.45, 7) is 4.35. The van der Waals surface area contributed by atoms with Crippen LogP contribution in [0.25, 0.3) is 22.3 Å². The summed E-state index contributed by atoms with van der Waals surface area (Å²) in [5.74, 6) is -0.428. The van der Waals surface area contributed by atoms with Crippen molar-refractivity contribution < 1.29 is 33.1 Å². The Morgan fingerprint density at radius 1 is 0.695 bits per heavy atom. The van der Waals surface area contributed by atoms with Gasteiger partial charge in [0.05, 0.1) is 6.10 Å². The molecule has 2 saturated heterocycles. The molecule has 13 nitrogen and oxygen atoms in total. The second-order valence-electron chi connectivity index (χ2n) is 15.5. The molecule has 3 N–H and O–H groups in total. The number of rotatable bonds is 12. The summed E-state index contributed by atoms with van der Waals surface area (Å²) in [6, 6.07) is 30.3. The summed E-state index contributed by atoms with van der Waals surface area (Å²) in [4.78, 5) is 72.6. The van der Waals surface area contributed by atoms with Crippen molar-refractivity contribution in [3.05, 3.63) is 120 Å². The van der Waals surface area contributed by atoms with Crippen molar-refractivity contribution in [3.8, 4) is 11.3 Å². The van der Waals surface area contributed by atoms with Gasteiger partial charge in [-0.05, 0) is 113 Å². The van der Waals surface area contributed by atoms with E-state index in [2.05, 4.69) is 16.0 Å². The lowest BCUT2D eigenvalue weighted by molar-refractivity contribution is -0.140. The van der Waals surface area contributed by atoms with Crippen molar-refractivity contribution in [2.24, 2.45) is 0 Å². The normalized spacial score (nSPS) is 17.5. The molecule has 1 aromatic heterocycles. The number of fused-ring (bicyclic) bond motifs is 1. The van der Waals surface area contributed by atoms with Gasteiger partial charge in [0.25, 0.3) is 5.91 Å². The number of nitrogens with zero attached hydrogens (tertiary/aromatic N) is 3. The summed E-state index contributed by atoms with van der Waals surface area (Å²) in [6.07, 6.45) is 1.38. The lowest BCUT2D eigenvalue weighted by Gasteiger charge is -2.31. The Morgan fingerprint density at radius 2 is 1.25 bits per heavy atom. The second-order valence-corrected chi connectivity index (χ2v) is 15.5. The van der Waals surface area contributed by atoms with Gasteiger partial charge in [-0.1, -0.05) is 60.7 Å². The summed E-state index contributed by atoms with van der Waals surface area (Å²) in [7, 11) is 3.74. The molecule has 0 spiro atoms. The van der Waals surface area contributed by atoms with E-state index in [0.29, 0.717) is 60.6 Å². The number of benzene rings is 4. The van der Waals surface area contributed by atoms with Gasteiger partial charge < -0.3 is 34.9 Å². The molecule has 4 atom stereocenters. The van der Waals surface area contributed by atoms with Gasteiger partial charge in [-0.3, -0.25) is 24.1 Å². The number of alkyl carbamates (subject to hydrolysis) is 1. The number of amides is 5. The Kier molecular flexibility index (Phi) is 12.4. The molecule has 59 heavy (non-hydrogen) atoms. The SMILES string of the molecule is CC(C)OC(=O)N[C@@H](C(=O)N1CCC[C@H]1C(=O)Nc1ccc(-c2cc3cc(NC(=O)[C@@H]4CCCN4C(=O)[C@@H](c4ccccc4)N(C)C)ccc3o2)cc1)c1ccccc1. The van der Waals surface area contributed by atoms with Crippen LogP contribution in [-0.4, -0.2) is 89.8 Å². The maximum absolute atomic E-state index is 13.9. The lowest BCUT2D eigenvalue weighted by atomic mass is 10.0. The molecule has 0 radical (unpaired) electrons. The van der Waals surface area contributed by atoms with Crippen LogP contribution in [0.3, 0.4) is 0 Å². The number of likely N-dealkylation sites (tertiary alicyclic amines) is 2. The molecule has 2 aliphatic heterocycles. The minimum absolute atomic E-state index is 0.0953. The highest BCUT2D eigenvalue weighted by Crippen LogP contribution is 2.32. The van der Waals surface area contributed by atoms with Gasteiger partial charge in [0.15, 0.2) is 0 Å². The molecule has 7 rings (SSSR count). The van der Waals surface area contributed by atoms with E-state index in [0.717, 1.165) is 22.9 Å². The van der Waals surface area contributed by atoms with E-state index < -0.39 is 30.3 Å². The molecule has 3 heterocycles. The Labute approximate surface area is 343 Å². The average molecular weight is 799 g/mol. The van der Waals surface area contributed by atoms with Gasteiger partial charge in [0.1, 0.15) is 35.5 Å². The summed E-state index contributed by atoms with van der Waals surface area (Å²) in [5.41, 5.74) is 4.04. The van der Waals surface area contributed by atoms with Crippen molar-refractivity contribution in [1.29, 1.82) is 0 Å². The third kappa shape index (κ3) is 9.31. The summed E-state index contributed by atoms with van der Waals surface area (Å²) < 4.78 is 11.4. The van der Waals surface area contributed by atoms with Crippen LogP contribution in [0, 0.1) is 0 Å². The van der Waals surface area contributed by atoms with E-state index in [1.165, 1.54) is 4.90 Å². The fraction of sp³-hybridized carbons (Fsp3) is 0.326. The first kappa shape index (κ1) is 40.7. The van der Waals surface area contributed by atoms with Gasteiger partial charge >= 0.3 is 6.09 Å². The molecule has 306 valence electrons. The number of ether oxygens (including phenoxy) is 1. The van der Waals surface area contributed by atoms with Crippen molar-refractivity contribution in [2.45, 2.75) is 69.8 Å². The third-order valence-electron chi connectivity index (χ3n) is 10.7. The van der Waals surface area contributed by atoms with Crippen LogP contribution in [0.15, 0.2) is 114 Å². The molecule has 2 fully saturated rings. The Hall–Kier alpha value is -6.47. The van der Waals surface area contributed by atoms with Gasteiger partial charge in [0.2, 0.25) is 17.7 Å². The standard InChI is InChI=1S/C46H50N6O7/c1-29(2)58-46(57)49-40(31-13-7-5-8-14-31)44(55)51-25-11-17-36(51)42(53)47-34-21-19-30(20-22-34)39-28-33-27-35(23-24-38(33)59-39)48-43(54)37-18-12-26-52(37)45(56)41(50(3)4)32-15-9-6-10-16-32/h5-10,13-16,19-24,27-29,36-37,40-41H,11-12,17-18,25-26H2,1-4H3,(H,47,53)(H,48,54)(H,49,57)/t36-,37-,40+,41+/m0/s1. The van der Waals surface area contributed by atoms with Crippen molar-refractivity contribution in [1.82, 2.24) is 20.0 Å². The van der Waals surface area contributed by atoms with Crippen molar-refractivity contribution >= 4 is 52.1 Å². The molecule has 0 unspecified atom stereocenters. The number of carbonyl (C=O) groups is 5. The Bertz CT molecular complexity index is 2290. The molecular formula is C46H50N6O7. The largest absolute Gasteiger partial charge is 0.456 e. The van der Waals surface area contributed by atoms with E-state index in [1.54, 1.807) is 67.3 Å². The van der Waals surface area contributed by atoms with E-state index in [1.807, 2.05) is 79.7 Å². The number of hydrogen-bond donors (Lipinski definition) is 3. The van der Waals surface area contributed by atoms with Gasteiger partial charge in [-0.2, -0.15) is 0 Å². The summed E-state index contributed by atoms with van der Waals surface area (Å²) >= 11 is 0. The number of furan rings is 1. The van der Waals surface area contributed by atoms with Gasteiger partial charge in [0, 0.05) is 35.4 Å². The first-order valence-electron chi connectivity index (χ1n) is 20.1. The third-order valence-corrected chi connectivity index (χ3v) is 10.7. The maximum Gasteiger partial charge on any atom is 0.408 e. The zero-order valence-corrected chi connectivity index (χ0v) is 33.7. The number of nitrogens with one attached hydrogen (secondary N) is 3. The van der Waals surface area contributed by atoms with E-state index in [-0.39, 0.29) is 29.7 Å². The zero-order chi connectivity index (χ0) is 41.6. The predicted molar refractivity (Wildman–Crippen MR) is 225 cm³/mol. The van der Waals surface area contributed by atoms with E-state index in [4.69, 9.17) is 9.15 Å². The lowest BCUT2D eigenvalue weighted by Crippen LogP contribution is -2.48. The zero-order valence-electron chi connectivity index (χ0n) is 33.7. The molecular weight excluding hydrogens is 749 g/mol. The predicted octanol–water partition coefficient (Wildman–Crippen LogP) is 7.14. The monoisotopic (exact) mass is 798 g/mol. The second kappa shape index (κ2) is 18.0. The number of hydrogen-bond acceptors (Lipinski definition) is 8. The van der Waals surface area contributed by atoms with Crippen molar-refractivity contribution in [2.75, 3.05) is 37.8 Å². The van der Waals surface area contributed by atoms with Crippen LogP contribution < -0.4 is 16.0 Å². The maximum atomic E-state index is 13.9. The minimum atomic E-state index is -1.01. The van der Waals surface area contributed by atoms with Crippen LogP contribution in [0.4, 0.5) is 16.2 Å². The number of likely N-dealkylation sites (N-methyl/N-ethyl adjacent to an activating group) is 1. The van der Waals surface area contributed by atoms with E-state index in [9.17, 15) is 24.0 Å². The van der Waals surface area contributed by atoms with Gasteiger partial charge in [-0.25, -0.2) is 4.79 Å². The molecule has 2 aliphatic rings. The average Bonchev–Trinajstić information content (AvgIpc) is 4.01. The Balaban J connectivity index is 0.988. The first-order valence-corrected chi connectivity index (χ1v) is 20.1. The highest BCUT2D eigenvalue weighted by atomic mass is 16.6. The fourth-order valence-corrected chi connectivity index (χ4v) is 7.96. The van der Waals surface area contributed by atoms with Crippen LogP contribution in [0.2, 0.25) is 0 Å². The number of carbonyl (C=O) groups excluding carboxylic acids is 5. The molecule has 13 heteroatoms. The van der Waals surface area contributed by atoms with Crippen LogP contribution in [0.1, 0.15) is 62.7 Å². The Morgan fingerprint density at radius 3 is 1.85 bits per heavy atom. The highest BCUT2D eigenvalue weighted by molar-refractivity contribution is 6.01.